The van der Waals surface area contributed by atoms with Crippen LogP contribution in [0.25, 0.3) is 6.08 Å². The molecule has 0 aliphatic carbocycles. The molecule has 2 aliphatic rings. The van der Waals surface area contributed by atoms with E-state index in [0.717, 1.165) is 22.2 Å². The number of carbonyl (C=O) groups excluding carboxylic acids is 3. The molecule has 31 heavy (non-hydrogen) atoms. The van der Waals surface area contributed by atoms with Crippen molar-refractivity contribution in [2.45, 2.75) is 12.5 Å². The summed E-state index contributed by atoms with van der Waals surface area (Å²) in [5.41, 5.74) is 1.44. The molecule has 0 N–H and O–H groups in total. The average Bonchev–Trinajstić information content (AvgIpc) is 3.22. The summed E-state index contributed by atoms with van der Waals surface area (Å²) in [5.74, 6) is -0.588. The van der Waals surface area contributed by atoms with E-state index in [-0.39, 0.29) is 22.6 Å². The number of hydrogen-bond donors (Lipinski definition) is 0. The fraction of sp³-hybridized carbons (Fsp3) is 0.130. The highest BCUT2D eigenvalue weighted by Gasteiger charge is 2.48. The third-order valence-electron chi connectivity index (χ3n) is 4.92. The lowest BCUT2D eigenvalue weighted by atomic mass is 10.2. The fourth-order valence-corrected chi connectivity index (χ4v) is 4.70. The number of ether oxygens (including phenoxy) is 1. The molecule has 2 aromatic rings. The number of nitrogens with zero attached hydrogens (tertiary/aromatic N) is 2. The van der Waals surface area contributed by atoms with Crippen LogP contribution in [0.4, 0.5) is 5.69 Å². The number of methoxy groups -OCH3 is 1. The predicted octanol–water partition coefficient (Wildman–Crippen LogP) is 3.78. The quantitative estimate of drug-likeness (QED) is 0.392. The molecule has 0 radical (unpaired) electrons. The van der Waals surface area contributed by atoms with Crippen LogP contribution in [0.3, 0.4) is 0 Å². The number of thioether (sulfide) groups is 1. The van der Waals surface area contributed by atoms with E-state index in [1.807, 2.05) is 36.4 Å². The number of anilines is 1. The van der Waals surface area contributed by atoms with Gasteiger partial charge in [0.1, 0.15) is 16.1 Å². The Kier molecular flexibility index (Phi) is 6.01. The first-order chi connectivity index (χ1) is 15.0. The van der Waals surface area contributed by atoms with Crippen LogP contribution in [0, 0.1) is 0 Å². The van der Waals surface area contributed by atoms with E-state index in [1.54, 1.807) is 36.4 Å². The molecule has 2 aliphatic heterocycles. The second kappa shape index (κ2) is 8.87. The normalized spacial score (nSPS) is 20.5. The van der Waals surface area contributed by atoms with Crippen molar-refractivity contribution in [3.8, 4) is 5.75 Å². The first-order valence-corrected chi connectivity index (χ1v) is 10.7. The summed E-state index contributed by atoms with van der Waals surface area (Å²) in [5, 5.41) is 0. The van der Waals surface area contributed by atoms with E-state index in [2.05, 4.69) is 0 Å². The minimum Gasteiger partial charge on any atom is -0.497 e. The van der Waals surface area contributed by atoms with Crippen molar-refractivity contribution in [3.63, 3.8) is 0 Å². The van der Waals surface area contributed by atoms with E-state index < -0.39 is 11.9 Å². The lowest BCUT2D eigenvalue weighted by molar-refractivity contribution is -0.130. The predicted molar refractivity (Wildman–Crippen MR) is 124 cm³/mol. The van der Waals surface area contributed by atoms with Gasteiger partial charge in [-0.25, -0.2) is 4.90 Å². The molecule has 2 aromatic carbocycles. The van der Waals surface area contributed by atoms with Crippen LogP contribution in [0.2, 0.25) is 0 Å². The molecule has 0 aromatic heterocycles. The van der Waals surface area contributed by atoms with Crippen LogP contribution in [-0.4, -0.2) is 40.1 Å². The highest BCUT2D eigenvalue weighted by molar-refractivity contribution is 8.26. The smallest absolute Gasteiger partial charge is 0.266 e. The van der Waals surface area contributed by atoms with Crippen LogP contribution in [0.15, 0.2) is 71.7 Å². The molecule has 0 saturated carbocycles. The number of imide groups is 1. The van der Waals surface area contributed by atoms with Gasteiger partial charge < -0.3 is 4.74 Å². The number of allylic oxidation sites excluding steroid dienone is 2. The molecule has 0 bridgehead atoms. The lowest BCUT2D eigenvalue weighted by Crippen LogP contribution is -2.44. The second-order valence-corrected chi connectivity index (χ2v) is 8.50. The molecule has 2 heterocycles. The van der Waals surface area contributed by atoms with Crippen LogP contribution in [-0.2, 0) is 14.4 Å². The van der Waals surface area contributed by atoms with Gasteiger partial charge in [-0.2, -0.15) is 0 Å². The van der Waals surface area contributed by atoms with Crippen LogP contribution in [0.5, 0.6) is 5.75 Å². The minimum atomic E-state index is -0.939. The third kappa shape index (κ3) is 4.17. The number of hydrogen-bond acceptors (Lipinski definition) is 6. The van der Waals surface area contributed by atoms with Crippen molar-refractivity contribution in [3.05, 3.63) is 77.2 Å². The molecule has 3 amide bonds. The van der Waals surface area contributed by atoms with Crippen molar-refractivity contribution in [2.24, 2.45) is 0 Å². The Balaban J connectivity index is 1.52. The number of thiocarbonyl (C=S) groups is 1. The molecule has 2 fully saturated rings. The largest absolute Gasteiger partial charge is 0.497 e. The molecule has 6 nitrogen and oxygen atoms in total. The highest BCUT2D eigenvalue weighted by Crippen LogP contribution is 2.36. The topological polar surface area (TPSA) is 66.9 Å². The number of rotatable bonds is 5. The maximum absolute atomic E-state index is 13.0. The van der Waals surface area contributed by atoms with Gasteiger partial charge in [-0.05, 0) is 35.9 Å². The average molecular weight is 451 g/mol. The molecule has 1 unspecified atom stereocenters. The third-order valence-corrected chi connectivity index (χ3v) is 6.27. The fourth-order valence-electron chi connectivity index (χ4n) is 3.39. The van der Waals surface area contributed by atoms with Crippen molar-refractivity contribution in [1.82, 2.24) is 4.90 Å². The van der Waals surface area contributed by atoms with Gasteiger partial charge in [0.05, 0.1) is 24.1 Å². The molecular formula is C23H18N2O4S2. The van der Waals surface area contributed by atoms with Gasteiger partial charge in [0.25, 0.3) is 11.8 Å². The summed E-state index contributed by atoms with van der Waals surface area (Å²) in [6.45, 7) is 0. The summed E-state index contributed by atoms with van der Waals surface area (Å²) in [7, 11) is 1.54. The molecule has 1 atom stereocenters. The van der Waals surface area contributed by atoms with Gasteiger partial charge in [-0.3, -0.25) is 19.3 Å². The molecule has 8 heteroatoms. The first-order valence-electron chi connectivity index (χ1n) is 9.49. The maximum atomic E-state index is 13.0. The summed E-state index contributed by atoms with van der Waals surface area (Å²) in [4.78, 5) is 41.3. The van der Waals surface area contributed by atoms with E-state index in [0.29, 0.717) is 16.3 Å². The summed E-state index contributed by atoms with van der Waals surface area (Å²) < 4.78 is 5.39. The van der Waals surface area contributed by atoms with E-state index in [9.17, 15) is 14.4 Å². The Hall–Kier alpha value is -3.23. The number of carbonyl (C=O) groups is 3. The summed E-state index contributed by atoms with van der Waals surface area (Å²) >= 11 is 6.49. The first kappa shape index (κ1) is 21.0. The second-order valence-electron chi connectivity index (χ2n) is 6.83. The zero-order valence-corrected chi connectivity index (χ0v) is 18.2. The van der Waals surface area contributed by atoms with E-state index in [1.165, 1.54) is 12.0 Å². The highest BCUT2D eigenvalue weighted by atomic mass is 32.2. The molecule has 2 saturated heterocycles. The van der Waals surface area contributed by atoms with E-state index >= 15 is 0 Å². The maximum Gasteiger partial charge on any atom is 0.266 e. The minimum absolute atomic E-state index is 0.107. The number of benzene rings is 2. The van der Waals surface area contributed by atoms with Gasteiger partial charge in [-0.15, -0.1) is 0 Å². The van der Waals surface area contributed by atoms with Gasteiger partial charge in [0.15, 0.2) is 0 Å². The lowest BCUT2D eigenvalue weighted by Gasteiger charge is -2.21. The Bertz CT molecular complexity index is 1110. The Morgan fingerprint density at radius 3 is 2.45 bits per heavy atom. The van der Waals surface area contributed by atoms with Crippen molar-refractivity contribution < 1.29 is 19.1 Å². The number of amides is 3. The van der Waals surface area contributed by atoms with E-state index in [4.69, 9.17) is 17.0 Å². The summed E-state index contributed by atoms with van der Waals surface area (Å²) in [6.07, 6.45) is 5.22. The Morgan fingerprint density at radius 2 is 1.77 bits per heavy atom. The van der Waals surface area contributed by atoms with Crippen molar-refractivity contribution in [1.29, 1.82) is 0 Å². The SMILES string of the molecule is COc1ccc(N2C(=O)CC(N3C(=O)C(=CC=Cc4ccccc4)SC3=S)C2=O)cc1. The van der Waals surface area contributed by atoms with Crippen molar-refractivity contribution >= 4 is 57.8 Å². The monoisotopic (exact) mass is 450 g/mol. The zero-order chi connectivity index (χ0) is 22.0. The van der Waals surface area contributed by atoms with Crippen LogP contribution >= 0.6 is 24.0 Å². The van der Waals surface area contributed by atoms with Gasteiger partial charge in [0, 0.05) is 0 Å². The van der Waals surface area contributed by atoms with Gasteiger partial charge >= 0.3 is 0 Å². The van der Waals surface area contributed by atoms with Crippen LogP contribution in [0.1, 0.15) is 12.0 Å². The van der Waals surface area contributed by atoms with Gasteiger partial charge in [0.2, 0.25) is 5.91 Å². The molecule has 4 rings (SSSR count). The molecular weight excluding hydrogens is 432 g/mol. The molecule has 156 valence electrons. The zero-order valence-electron chi connectivity index (χ0n) is 16.6. The Morgan fingerprint density at radius 1 is 1.06 bits per heavy atom. The van der Waals surface area contributed by atoms with Crippen molar-refractivity contribution in [2.75, 3.05) is 12.0 Å². The summed E-state index contributed by atoms with van der Waals surface area (Å²) in [6, 6.07) is 15.4. The van der Waals surface area contributed by atoms with Gasteiger partial charge in [-0.1, -0.05) is 66.5 Å². The Labute approximate surface area is 189 Å². The molecule has 0 spiro atoms. The standard InChI is InChI=1S/C23H18N2O4S2/c1-29-17-12-10-16(11-13-17)24-20(26)14-18(21(24)27)25-22(28)19(31-23(25)30)9-5-8-15-6-3-2-4-7-15/h2-13,18H,14H2,1H3. The van der Waals surface area contributed by atoms with Crippen LogP contribution < -0.4 is 9.64 Å².